The monoisotopic (exact) mass is 226 g/mol. The Morgan fingerprint density at radius 3 is 2.62 bits per heavy atom. The molecule has 2 N–H and O–H groups in total. The molecule has 1 saturated carbocycles. The van der Waals surface area contributed by atoms with E-state index in [4.69, 9.17) is 10.5 Å². The summed E-state index contributed by atoms with van der Waals surface area (Å²) in [5, 5.41) is 0. The molecule has 2 rings (SSSR count). The van der Waals surface area contributed by atoms with Crippen molar-refractivity contribution >= 4 is 0 Å². The lowest BCUT2D eigenvalue weighted by molar-refractivity contribution is -0.0597. The fourth-order valence-electron chi connectivity index (χ4n) is 2.87. The highest BCUT2D eigenvalue weighted by molar-refractivity contribution is 4.97. The second kappa shape index (κ2) is 5.03. The van der Waals surface area contributed by atoms with Gasteiger partial charge in [-0.25, -0.2) is 0 Å². The van der Waals surface area contributed by atoms with Gasteiger partial charge in [-0.15, -0.1) is 0 Å². The van der Waals surface area contributed by atoms with Crippen LogP contribution in [0.5, 0.6) is 0 Å². The molecule has 0 radical (unpaired) electrons. The van der Waals surface area contributed by atoms with Crippen molar-refractivity contribution in [3.05, 3.63) is 0 Å². The van der Waals surface area contributed by atoms with Crippen LogP contribution in [0.3, 0.4) is 0 Å². The third-order valence-electron chi connectivity index (χ3n) is 4.07. The van der Waals surface area contributed by atoms with Crippen LogP contribution in [0.1, 0.15) is 39.5 Å². The Hall–Kier alpha value is -0.120. The second-order valence-electron chi connectivity index (χ2n) is 5.77. The standard InChI is InChI=1S/C13H26N2O/c1-11(2)15(8-12-4-5-12)13(9-14)6-3-7-16-10-13/h11-12H,3-10,14H2,1-2H3. The van der Waals surface area contributed by atoms with Crippen molar-refractivity contribution in [1.82, 2.24) is 4.90 Å². The smallest absolute Gasteiger partial charge is 0.0662 e. The zero-order valence-corrected chi connectivity index (χ0v) is 10.7. The molecule has 1 aliphatic heterocycles. The summed E-state index contributed by atoms with van der Waals surface area (Å²) < 4.78 is 5.69. The maximum absolute atomic E-state index is 6.05. The van der Waals surface area contributed by atoms with E-state index in [0.717, 1.165) is 32.1 Å². The summed E-state index contributed by atoms with van der Waals surface area (Å²) >= 11 is 0. The molecule has 0 aromatic heterocycles. The number of nitrogens with two attached hydrogens (primary N) is 1. The minimum atomic E-state index is 0.120. The molecule has 2 aliphatic rings. The summed E-state index contributed by atoms with van der Waals surface area (Å²) in [6.07, 6.45) is 5.18. The summed E-state index contributed by atoms with van der Waals surface area (Å²) in [7, 11) is 0. The minimum absolute atomic E-state index is 0.120. The van der Waals surface area contributed by atoms with Crippen molar-refractivity contribution in [2.24, 2.45) is 11.7 Å². The molecule has 1 aliphatic carbocycles. The van der Waals surface area contributed by atoms with Crippen LogP contribution in [0.2, 0.25) is 0 Å². The van der Waals surface area contributed by atoms with Crippen molar-refractivity contribution in [3.63, 3.8) is 0 Å². The molecule has 94 valence electrons. The first-order valence-electron chi connectivity index (χ1n) is 6.72. The molecule has 16 heavy (non-hydrogen) atoms. The fourth-order valence-corrected chi connectivity index (χ4v) is 2.87. The molecule has 0 aromatic carbocycles. The first kappa shape index (κ1) is 12.3. The minimum Gasteiger partial charge on any atom is -0.379 e. The Labute approximate surface area is 99.3 Å². The lowest BCUT2D eigenvalue weighted by Crippen LogP contribution is -2.61. The van der Waals surface area contributed by atoms with Gasteiger partial charge in [0.15, 0.2) is 0 Å². The van der Waals surface area contributed by atoms with E-state index >= 15 is 0 Å². The maximum atomic E-state index is 6.05. The lowest BCUT2D eigenvalue weighted by atomic mass is 9.88. The van der Waals surface area contributed by atoms with E-state index in [1.54, 1.807) is 0 Å². The van der Waals surface area contributed by atoms with Gasteiger partial charge in [0.25, 0.3) is 0 Å². The molecule has 0 bridgehead atoms. The van der Waals surface area contributed by atoms with Crippen LogP contribution in [0.15, 0.2) is 0 Å². The molecule has 2 fully saturated rings. The number of ether oxygens (including phenoxy) is 1. The van der Waals surface area contributed by atoms with Crippen LogP contribution >= 0.6 is 0 Å². The predicted molar refractivity (Wildman–Crippen MR) is 66.4 cm³/mol. The van der Waals surface area contributed by atoms with Gasteiger partial charge in [0, 0.05) is 25.7 Å². The second-order valence-corrected chi connectivity index (χ2v) is 5.77. The van der Waals surface area contributed by atoms with Gasteiger partial charge in [-0.3, -0.25) is 4.90 Å². The van der Waals surface area contributed by atoms with Gasteiger partial charge in [0.2, 0.25) is 0 Å². The number of rotatable bonds is 5. The number of hydrogen-bond donors (Lipinski definition) is 1. The van der Waals surface area contributed by atoms with Crippen LogP contribution in [-0.4, -0.2) is 42.8 Å². The largest absolute Gasteiger partial charge is 0.379 e. The van der Waals surface area contributed by atoms with Crippen molar-refractivity contribution in [3.8, 4) is 0 Å². The molecule has 3 heteroatoms. The summed E-state index contributed by atoms with van der Waals surface area (Å²) in [4.78, 5) is 2.61. The van der Waals surface area contributed by atoms with E-state index in [2.05, 4.69) is 18.7 Å². The molecule has 1 heterocycles. The quantitative estimate of drug-likeness (QED) is 0.774. The van der Waals surface area contributed by atoms with Crippen LogP contribution < -0.4 is 5.73 Å². The van der Waals surface area contributed by atoms with Crippen LogP contribution in [0.4, 0.5) is 0 Å². The van der Waals surface area contributed by atoms with Gasteiger partial charge in [-0.05, 0) is 45.4 Å². The third-order valence-corrected chi connectivity index (χ3v) is 4.07. The summed E-state index contributed by atoms with van der Waals surface area (Å²) in [6.45, 7) is 8.27. The molecular formula is C13H26N2O. The fraction of sp³-hybridized carbons (Fsp3) is 1.00. The average molecular weight is 226 g/mol. The van der Waals surface area contributed by atoms with E-state index in [9.17, 15) is 0 Å². The Morgan fingerprint density at radius 1 is 1.44 bits per heavy atom. The SMILES string of the molecule is CC(C)N(CC1CC1)C1(CN)CCCOC1. The Kier molecular flexibility index (Phi) is 3.88. The zero-order chi connectivity index (χ0) is 11.6. The van der Waals surface area contributed by atoms with E-state index in [0.29, 0.717) is 6.04 Å². The Morgan fingerprint density at radius 2 is 2.19 bits per heavy atom. The average Bonchev–Trinajstić information content (AvgIpc) is 3.10. The lowest BCUT2D eigenvalue weighted by Gasteiger charge is -2.48. The van der Waals surface area contributed by atoms with E-state index in [1.165, 1.54) is 25.8 Å². The van der Waals surface area contributed by atoms with Crippen LogP contribution in [-0.2, 0) is 4.74 Å². The van der Waals surface area contributed by atoms with Crippen LogP contribution in [0, 0.1) is 5.92 Å². The molecular weight excluding hydrogens is 200 g/mol. The van der Waals surface area contributed by atoms with Crippen molar-refractivity contribution in [2.45, 2.75) is 51.1 Å². The normalized spacial score (nSPS) is 31.3. The van der Waals surface area contributed by atoms with Gasteiger partial charge in [0.05, 0.1) is 12.1 Å². The van der Waals surface area contributed by atoms with E-state index in [-0.39, 0.29) is 5.54 Å². The van der Waals surface area contributed by atoms with Gasteiger partial charge in [-0.2, -0.15) is 0 Å². The molecule has 0 spiro atoms. The van der Waals surface area contributed by atoms with E-state index in [1.807, 2.05) is 0 Å². The highest BCUT2D eigenvalue weighted by Gasteiger charge is 2.41. The first-order chi connectivity index (χ1) is 7.68. The summed E-state index contributed by atoms with van der Waals surface area (Å²) in [5.41, 5.74) is 6.17. The third kappa shape index (κ3) is 2.58. The first-order valence-corrected chi connectivity index (χ1v) is 6.72. The molecule has 0 aromatic rings. The highest BCUT2D eigenvalue weighted by Crippen LogP contribution is 2.35. The number of nitrogens with zero attached hydrogens (tertiary/aromatic N) is 1. The van der Waals surface area contributed by atoms with E-state index < -0.39 is 0 Å². The highest BCUT2D eigenvalue weighted by atomic mass is 16.5. The Bertz CT molecular complexity index is 220. The molecule has 1 atom stereocenters. The Balaban J connectivity index is 2.06. The van der Waals surface area contributed by atoms with Gasteiger partial charge in [0.1, 0.15) is 0 Å². The summed E-state index contributed by atoms with van der Waals surface area (Å²) in [5.74, 6) is 0.924. The van der Waals surface area contributed by atoms with Crippen molar-refractivity contribution in [1.29, 1.82) is 0 Å². The molecule has 1 saturated heterocycles. The van der Waals surface area contributed by atoms with Gasteiger partial charge >= 0.3 is 0 Å². The van der Waals surface area contributed by atoms with Gasteiger partial charge in [-0.1, -0.05) is 0 Å². The molecule has 3 nitrogen and oxygen atoms in total. The molecule has 0 amide bonds. The summed E-state index contributed by atoms with van der Waals surface area (Å²) in [6, 6.07) is 0.575. The zero-order valence-electron chi connectivity index (χ0n) is 10.7. The van der Waals surface area contributed by atoms with Gasteiger partial charge < -0.3 is 10.5 Å². The predicted octanol–water partition coefficient (Wildman–Crippen LogP) is 1.61. The van der Waals surface area contributed by atoms with Crippen molar-refractivity contribution < 1.29 is 4.74 Å². The van der Waals surface area contributed by atoms with Crippen molar-refractivity contribution in [2.75, 3.05) is 26.3 Å². The molecule has 1 unspecified atom stereocenters. The topological polar surface area (TPSA) is 38.5 Å². The van der Waals surface area contributed by atoms with Crippen LogP contribution in [0.25, 0.3) is 0 Å². The maximum Gasteiger partial charge on any atom is 0.0662 e. The number of hydrogen-bond acceptors (Lipinski definition) is 3.